The summed E-state index contributed by atoms with van der Waals surface area (Å²) in [6.45, 7) is 0. The Morgan fingerprint density at radius 3 is 2.88 bits per heavy atom. The van der Waals surface area contributed by atoms with E-state index in [0.717, 1.165) is 33.1 Å². The molecule has 1 N–H and O–H groups in total. The summed E-state index contributed by atoms with van der Waals surface area (Å²) in [5.41, 5.74) is 2.51. The zero-order valence-corrected chi connectivity index (χ0v) is 11.9. The average molecular weight is 310 g/mol. The number of rotatable bonds is 2. The normalized spacial score (nSPS) is 13.8. The number of aromatic nitrogens is 2. The van der Waals surface area contributed by atoms with Gasteiger partial charge in [0.1, 0.15) is 5.82 Å². The van der Waals surface area contributed by atoms with Crippen LogP contribution < -0.4 is 5.32 Å². The Labute approximate surface area is 112 Å². The van der Waals surface area contributed by atoms with Crippen LogP contribution in [-0.4, -0.2) is 17.0 Å². The lowest BCUT2D eigenvalue weighted by Crippen LogP contribution is -2.02. The number of aryl methyl sites for hydroxylation is 1. The molecule has 3 rings (SSSR count). The standard InChI is InChI=1S/C12H12BrN3S/c1-14-11-7-3-2-4-8(7)15-12(16-11)9-5-6-10(13)17-9/h5-6H,2-4H2,1H3,(H,14,15,16). The van der Waals surface area contributed by atoms with Crippen molar-refractivity contribution in [1.29, 1.82) is 0 Å². The number of thiophene rings is 1. The maximum Gasteiger partial charge on any atom is 0.171 e. The number of nitrogens with zero attached hydrogens (tertiary/aromatic N) is 2. The van der Waals surface area contributed by atoms with Gasteiger partial charge in [0.25, 0.3) is 0 Å². The molecule has 1 aliphatic carbocycles. The van der Waals surface area contributed by atoms with Gasteiger partial charge in [0.15, 0.2) is 5.82 Å². The fraction of sp³-hybridized carbons (Fsp3) is 0.333. The molecule has 0 amide bonds. The zero-order chi connectivity index (χ0) is 11.8. The van der Waals surface area contributed by atoms with E-state index in [9.17, 15) is 0 Å². The van der Waals surface area contributed by atoms with Crippen LogP contribution in [0.15, 0.2) is 15.9 Å². The minimum atomic E-state index is 0.839. The van der Waals surface area contributed by atoms with Crippen LogP contribution in [-0.2, 0) is 12.8 Å². The zero-order valence-electron chi connectivity index (χ0n) is 9.46. The third-order valence-corrected chi connectivity index (χ3v) is 4.58. The summed E-state index contributed by atoms with van der Waals surface area (Å²) in [5, 5.41) is 3.19. The van der Waals surface area contributed by atoms with Crippen molar-refractivity contribution in [3.63, 3.8) is 0 Å². The largest absolute Gasteiger partial charge is 0.373 e. The molecule has 2 aromatic heterocycles. The summed E-state index contributed by atoms with van der Waals surface area (Å²) in [7, 11) is 1.93. The number of nitrogens with one attached hydrogen (secondary N) is 1. The van der Waals surface area contributed by atoms with Crippen molar-refractivity contribution in [3.05, 3.63) is 27.2 Å². The van der Waals surface area contributed by atoms with E-state index in [0.29, 0.717) is 0 Å². The Hall–Kier alpha value is -0.940. The molecule has 0 saturated carbocycles. The second kappa shape index (κ2) is 4.38. The highest BCUT2D eigenvalue weighted by Crippen LogP contribution is 2.33. The van der Waals surface area contributed by atoms with Gasteiger partial charge in [-0.1, -0.05) is 0 Å². The van der Waals surface area contributed by atoms with Crippen molar-refractivity contribution >= 4 is 33.1 Å². The molecular weight excluding hydrogens is 298 g/mol. The molecule has 2 heterocycles. The number of halogens is 1. The summed E-state index contributed by atoms with van der Waals surface area (Å²) in [5.74, 6) is 1.83. The first-order valence-electron chi connectivity index (χ1n) is 5.61. The van der Waals surface area contributed by atoms with Gasteiger partial charge >= 0.3 is 0 Å². The van der Waals surface area contributed by atoms with Crippen molar-refractivity contribution in [2.24, 2.45) is 0 Å². The summed E-state index contributed by atoms with van der Waals surface area (Å²) < 4.78 is 1.11. The third-order valence-electron chi connectivity index (χ3n) is 2.96. The van der Waals surface area contributed by atoms with E-state index in [1.807, 2.05) is 13.1 Å². The topological polar surface area (TPSA) is 37.8 Å². The maximum absolute atomic E-state index is 4.68. The number of hydrogen-bond acceptors (Lipinski definition) is 4. The quantitative estimate of drug-likeness (QED) is 0.922. The van der Waals surface area contributed by atoms with Gasteiger partial charge in [-0.2, -0.15) is 0 Å². The molecule has 0 unspecified atom stereocenters. The van der Waals surface area contributed by atoms with E-state index in [1.54, 1.807) is 11.3 Å². The summed E-state index contributed by atoms with van der Waals surface area (Å²) in [6.07, 6.45) is 3.36. The van der Waals surface area contributed by atoms with E-state index in [4.69, 9.17) is 0 Å². The first-order chi connectivity index (χ1) is 8.28. The molecule has 0 fully saturated rings. The monoisotopic (exact) mass is 309 g/mol. The van der Waals surface area contributed by atoms with Crippen molar-refractivity contribution in [3.8, 4) is 10.7 Å². The lowest BCUT2D eigenvalue weighted by atomic mass is 10.2. The van der Waals surface area contributed by atoms with Gasteiger partial charge in [-0.25, -0.2) is 9.97 Å². The van der Waals surface area contributed by atoms with E-state index in [1.165, 1.54) is 17.7 Å². The first kappa shape index (κ1) is 11.2. The van der Waals surface area contributed by atoms with Crippen molar-refractivity contribution in [1.82, 2.24) is 9.97 Å². The van der Waals surface area contributed by atoms with Gasteiger partial charge in [-0.3, -0.25) is 0 Å². The minimum Gasteiger partial charge on any atom is -0.373 e. The molecule has 88 valence electrons. The molecular formula is C12H12BrN3S. The van der Waals surface area contributed by atoms with Gasteiger partial charge in [0.05, 0.1) is 8.66 Å². The van der Waals surface area contributed by atoms with Gasteiger partial charge in [0.2, 0.25) is 0 Å². The summed E-state index contributed by atoms with van der Waals surface area (Å²) in [6, 6.07) is 4.10. The van der Waals surface area contributed by atoms with Crippen LogP contribution in [0.5, 0.6) is 0 Å². The van der Waals surface area contributed by atoms with E-state index >= 15 is 0 Å². The SMILES string of the molecule is CNc1nc(-c2ccc(Br)s2)nc2c1CCC2. The Morgan fingerprint density at radius 1 is 1.29 bits per heavy atom. The molecule has 1 aliphatic rings. The van der Waals surface area contributed by atoms with Crippen LogP contribution in [0, 0.1) is 0 Å². The maximum atomic E-state index is 4.68. The van der Waals surface area contributed by atoms with Crippen LogP contribution in [0.4, 0.5) is 5.82 Å². The smallest absolute Gasteiger partial charge is 0.171 e. The molecule has 5 heteroatoms. The lowest BCUT2D eigenvalue weighted by Gasteiger charge is -2.08. The third kappa shape index (κ3) is 1.98. The van der Waals surface area contributed by atoms with Crippen molar-refractivity contribution in [2.75, 3.05) is 12.4 Å². The molecule has 0 radical (unpaired) electrons. The van der Waals surface area contributed by atoms with Gasteiger partial charge in [-0.05, 0) is 47.3 Å². The Balaban J connectivity index is 2.12. The summed E-state index contributed by atoms with van der Waals surface area (Å²) >= 11 is 5.14. The predicted octanol–water partition coefficient (Wildman–Crippen LogP) is 3.50. The summed E-state index contributed by atoms with van der Waals surface area (Å²) in [4.78, 5) is 10.4. The van der Waals surface area contributed by atoms with Gasteiger partial charge in [0, 0.05) is 18.3 Å². The molecule has 0 saturated heterocycles. The van der Waals surface area contributed by atoms with E-state index < -0.39 is 0 Å². The number of hydrogen-bond donors (Lipinski definition) is 1. The van der Waals surface area contributed by atoms with Crippen LogP contribution in [0.2, 0.25) is 0 Å². The second-order valence-corrected chi connectivity index (χ2v) is 6.49. The van der Waals surface area contributed by atoms with Crippen LogP contribution >= 0.6 is 27.3 Å². The highest BCUT2D eigenvalue weighted by atomic mass is 79.9. The molecule has 0 aromatic carbocycles. The van der Waals surface area contributed by atoms with Crippen LogP contribution in [0.3, 0.4) is 0 Å². The highest BCUT2D eigenvalue weighted by molar-refractivity contribution is 9.11. The van der Waals surface area contributed by atoms with Crippen molar-refractivity contribution in [2.45, 2.75) is 19.3 Å². The molecule has 0 spiro atoms. The fourth-order valence-corrected chi connectivity index (χ4v) is 3.50. The van der Waals surface area contributed by atoms with Crippen LogP contribution in [0.25, 0.3) is 10.7 Å². The predicted molar refractivity (Wildman–Crippen MR) is 74.6 cm³/mol. The molecule has 2 aromatic rings. The number of fused-ring (bicyclic) bond motifs is 1. The van der Waals surface area contributed by atoms with E-state index in [-0.39, 0.29) is 0 Å². The molecule has 0 bridgehead atoms. The minimum absolute atomic E-state index is 0.839. The fourth-order valence-electron chi connectivity index (χ4n) is 2.18. The average Bonchev–Trinajstić information content (AvgIpc) is 2.95. The van der Waals surface area contributed by atoms with Gasteiger partial charge in [-0.15, -0.1) is 11.3 Å². The van der Waals surface area contributed by atoms with E-state index in [2.05, 4.69) is 37.3 Å². The Bertz CT molecular complexity index is 565. The van der Waals surface area contributed by atoms with Crippen molar-refractivity contribution < 1.29 is 0 Å². The van der Waals surface area contributed by atoms with Gasteiger partial charge < -0.3 is 5.32 Å². The second-order valence-electron chi connectivity index (χ2n) is 4.03. The van der Waals surface area contributed by atoms with Crippen LogP contribution in [0.1, 0.15) is 17.7 Å². The highest BCUT2D eigenvalue weighted by Gasteiger charge is 2.19. The Kier molecular flexibility index (Phi) is 2.88. The molecule has 0 atom stereocenters. The Morgan fingerprint density at radius 2 is 2.18 bits per heavy atom. The lowest BCUT2D eigenvalue weighted by molar-refractivity contribution is 0.900. The molecule has 0 aliphatic heterocycles. The molecule has 3 nitrogen and oxygen atoms in total. The number of anilines is 1. The first-order valence-corrected chi connectivity index (χ1v) is 7.22. The molecule has 17 heavy (non-hydrogen) atoms.